The summed E-state index contributed by atoms with van der Waals surface area (Å²) in [5.74, 6) is -0.456. The van der Waals surface area contributed by atoms with Gasteiger partial charge in [0.25, 0.3) is 0 Å². The Hall–Kier alpha value is 1.00. The van der Waals surface area contributed by atoms with E-state index in [-0.39, 0.29) is 41.3 Å². The molecule has 0 amide bonds. The van der Waals surface area contributed by atoms with Crippen LogP contribution in [0.3, 0.4) is 0 Å². The van der Waals surface area contributed by atoms with Crippen molar-refractivity contribution in [3.63, 3.8) is 0 Å². The third-order valence-corrected chi connectivity index (χ3v) is 2.00. The Kier molecular flexibility index (Phi) is 3.48. The first-order valence-electron chi connectivity index (χ1n) is 2.80. The first-order chi connectivity index (χ1) is 3.75. The van der Waals surface area contributed by atoms with Gasteiger partial charge in [-0.3, -0.25) is 8.63 Å². The first-order valence-corrected chi connectivity index (χ1v) is 2.80. The summed E-state index contributed by atoms with van der Waals surface area (Å²) in [6.07, 6.45) is 4.69. The van der Waals surface area contributed by atoms with Crippen LogP contribution in [0.5, 0.6) is 0 Å². The minimum absolute atomic E-state index is 0. The Bertz CT molecular complexity index is 129. The maximum absolute atomic E-state index is 11.7. The molecule has 0 N–H and O–H groups in total. The van der Waals surface area contributed by atoms with E-state index in [4.69, 9.17) is 0 Å². The summed E-state index contributed by atoms with van der Waals surface area (Å²) in [5, 5.41) is 0. The molecule has 0 bridgehead atoms. The van der Waals surface area contributed by atoms with Crippen molar-refractivity contribution in [3.8, 4) is 0 Å². The zero-order chi connectivity index (χ0) is 5.78. The predicted molar refractivity (Wildman–Crippen MR) is 26.6 cm³/mol. The number of rotatable bonds is 1. The molecular weight excluding hydrogens is 196 g/mol. The van der Waals surface area contributed by atoms with Gasteiger partial charge in [-0.05, 0) is 24.7 Å². The molecule has 1 atom stereocenters. The Morgan fingerprint density at radius 3 is 2.00 bits per heavy atom. The van der Waals surface area contributed by atoms with Gasteiger partial charge in [0, 0.05) is 5.82 Å². The topological polar surface area (TPSA) is 0 Å². The van der Waals surface area contributed by atoms with Crippen LogP contribution in [0.1, 0.15) is 12.8 Å². The van der Waals surface area contributed by atoms with Crippen LogP contribution >= 0.6 is 0 Å². The first kappa shape index (κ1) is 11.0. The molecule has 5 heteroatoms. The quantitative estimate of drug-likeness (QED) is 0.376. The summed E-state index contributed by atoms with van der Waals surface area (Å²) in [4.78, 5) is 0. The molecule has 2 aliphatic rings. The minimum atomic E-state index is -2.14. The van der Waals surface area contributed by atoms with Crippen LogP contribution in [-0.2, 0) is 0 Å². The number of hydrogen-bond donors (Lipinski definition) is 0. The molecule has 0 aromatic heterocycles. The molecule has 0 saturated heterocycles. The Balaban J connectivity index is 0.000000405. The zero-order valence-electron chi connectivity index (χ0n) is 5.70. The molecule has 0 aliphatic heterocycles. The zero-order valence-corrected chi connectivity index (χ0v) is 7.29. The molecule has 2 saturated carbocycles. The van der Waals surface area contributed by atoms with Gasteiger partial charge < -0.3 is 17.0 Å². The van der Waals surface area contributed by atoms with Crippen LogP contribution in [0, 0.1) is 11.8 Å². The summed E-state index contributed by atoms with van der Waals surface area (Å²) < 4.78 is 23.4. The van der Waals surface area contributed by atoms with Gasteiger partial charge in [0.2, 0.25) is 0 Å². The van der Waals surface area contributed by atoms with Crippen molar-refractivity contribution in [1.82, 2.24) is 0 Å². The fourth-order valence-corrected chi connectivity index (χ4v) is 1.16. The van der Waals surface area contributed by atoms with E-state index >= 15 is 0 Å². The van der Waals surface area contributed by atoms with Crippen LogP contribution in [-0.4, -0.2) is 7.27 Å². The van der Waals surface area contributed by atoms with Crippen LogP contribution in [0.15, 0.2) is 0 Å². The fourth-order valence-electron chi connectivity index (χ4n) is 1.16. The molecule has 0 heterocycles. The van der Waals surface area contributed by atoms with Crippen molar-refractivity contribution in [2.75, 3.05) is 0 Å². The smallest absolute Gasteiger partial charge is 1.00 e. The van der Waals surface area contributed by atoms with E-state index in [9.17, 15) is 8.63 Å². The monoisotopic (exact) mass is 200 g/mol. The van der Waals surface area contributed by atoms with Crippen LogP contribution < -0.4 is 35.8 Å². The van der Waals surface area contributed by atoms with Gasteiger partial charge >= 0.3 is 26.1 Å². The normalized spacial score (nSPS) is 30.0. The molecule has 0 aromatic carbocycles. The van der Waals surface area contributed by atoms with Crippen molar-refractivity contribution >= 4 is 7.27 Å². The summed E-state index contributed by atoms with van der Waals surface area (Å²) >= 11 is 0. The van der Waals surface area contributed by atoms with Gasteiger partial charge in [-0.1, -0.05) is 0 Å². The van der Waals surface area contributed by atoms with Gasteiger partial charge in [0.15, 0.2) is 0 Å². The van der Waals surface area contributed by atoms with Gasteiger partial charge in [0.1, 0.15) is 0 Å². The number of hydrogen-bond acceptors (Lipinski definition) is 0. The SMILES string of the molecule is FB(F)C1[C]C12CC2.[Br-].[Li+]. The third-order valence-electron chi connectivity index (χ3n) is 2.00. The van der Waals surface area contributed by atoms with E-state index in [0.717, 1.165) is 12.8 Å². The maximum atomic E-state index is 11.7. The molecule has 50 valence electrons. The Morgan fingerprint density at radius 2 is 1.90 bits per heavy atom. The van der Waals surface area contributed by atoms with Crippen molar-refractivity contribution in [3.05, 3.63) is 6.42 Å². The summed E-state index contributed by atoms with van der Waals surface area (Å²) in [5.41, 5.74) is -0.0613. The van der Waals surface area contributed by atoms with E-state index in [1.165, 1.54) is 0 Å². The Morgan fingerprint density at radius 1 is 1.40 bits per heavy atom. The molecule has 10 heavy (non-hydrogen) atoms. The minimum Gasteiger partial charge on any atom is -1.00 e. The molecule has 1 unspecified atom stereocenters. The molecule has 0 aromatic rings. The second kappa shape index (κ2) is 3.17. The molecule has 2 rings (SSSR count). The molecule has 0 nitrogen and oxygen atoms in total. The van der Waals surface area contributed by atoms with Gasteiger partial charge in [0.05, 0.1) is 0 Å². The van der Waals surface area contributed by atoms with E-state index < -0.39 is 13.1 Å². The van der Waals surface area contributed by atoms with Gasteiger partial charge in [-0.2, -0.15) is 0 Å². The van der Waals surface area contributed by atoms with E-state index in [0.29, 0.717) is 0 Å². The van der Waals surface area contributed by atoms with Crippen molar-refractivity contribution in [1.29, 1.82) is 0 Å². The third kappa shape index (κ3) is 1.60. The Labute approximate surface area is 82.2 Å². The average molecular weight is 201 g/mol. The molecule has 2 radical (unpaired) electrons. The number of halogens is 3. The van der Waals surface area contributed by atoms with Crippen LogP contribution in [0.2, 0.25) is 5.82 Å². The summed E-state index contributed by atoms with van der Waals surface area (Å²) in [7, 11) is -2.14. The second-order valence-electron chi connectivity index (χ2n) is 2.61. The largest absolute Gasteiger partial charge is 1.00 e. The molecule has 2 fully saturated rings. The summed E-state index contributed by atoms with van der Waals surface area (Å²) in [6, 6.07) is 0. The van der Waals surface area contributed by atoms with E-state index in [2.05, 4.69) is 6.42 Å². The average Bonchev–Trinajstić information content (AvgIpc) is 2.50. The van der Waals surface area contributed by atoms with Gasteiger partial charge in [-0.25, -0.2) is 0 Å². The standard InChI is InChI=1S/C5H5BF2.BrH.Li/c7-6(8)4-3-5(4)1-2-5;;/h4H,1-2H2;1H;/q;;+1/p-1. The van der Waals surface area contributed by atoms with Crippen LogP contribution in [0.25, 0.3) is 0 Å². The second-order valence-corrected chi connectivity index (χ2v) is 2.61. The fraction of sp³-hybridized carbons (Fsp3) is 0.800. The van der Waals surface area contributed by atoms with Crippen LogP contribution in [0.4, 0.5) is 8.63 Å². The molecule has 1 spiro atoms. The molecular formula is C5H5BBrF2Li. The summed E-state index contributed by atoms with van der Waals surface area (Å²) in [6.45, 7) is 0. The molecule has 2 aliphatic carbocycles. The van der Waals surface area contributed by atoms with E-state index in [1.807, 2.05) is 0 Å². The maximum Gasteiger partial charge on any atom is 1.00 e. The van der Waals surface area contributed by atoms with Gasteiger partial charge in [-0.15, -0.1) is 0 Å². The predicted octanol–water partition coefficient (Wildman–Crippen LogP) is -4.33. The van der Waals surface area contributed by atoms with E-state index in [1.54, 1.807) is 0 Å². The van der Waals surface area contributed by atoms with Crippen molar-refractivity contribution in [2.24, 2.45) is 5.41 Å². The van der Waals surface area contributed by atoms with Crippen molar-refractivity contribution in [2.45, 2.75) is 18.7 Å². The van der Waals surface area contributed by atoms with Crippen molar-refractivity contribution < 1.29 is 44.5 Å².